The number of nitrogens with zero attached hydrogens (tertiary/aromatic N) is 2. The van der Waals surface area contributed by atoms with E-state index in [9.17, 15) is 13.2 Å². The average Bonchev–Trinajstić information content (AvgIpc) is 3.31. The first kappa shape index (κ1) is 21.3. The summed E-state index contributed by atoms with van der Waals surface area (Å²) in [6.45, 7) is 1.09. The lowest BCUT2D eigenvalue weighted by atomic mass is 10.0. The van der Waals surface area contributed by atoms with E-state index in [1.807, 2.05) is 24.3 Å². The van der Waals surface area contributed by atoms with Gasteiger partial charge in [0.15, 0.2) is 0 Å². The quantitative estimate of drug-likeness (QED) is 0.614. The Morgan fingerprint density at radius 1 is 1.03 bits per heavy atom. The van der Waals surface area contributed by atoms with E-state index in [4.69, 9.17) is 4.42 Å². The third kappa shape index (κ3) is 4.71. The van der Waals surface area contributed by atoms with Crippen LogP contribution in [0.25, 0.3) is 0 Å². The molecule has 0 radical (unpaired) electrons. The minimum absolute atomic E-state index is 0.130. The highest BCUT2D eigenvalue weighted by Gasteiger charge is 2.33. The Morgan fingerprint density at radius 2 is 1.77 bits per heavy atom. The molecule has 0 bridgehead atoms. The van der Waals surface area contributed by atoms with Crippen molar-refractivity contribution in [3.05, 3.63) is 94.9 Å². The molecule has 0 unspecified atom stereocenters. The Labute approximate surface area is 182 Å². The van der Waals surface area contributed by atoms with Gasteiger partial charge in [0.1, 0.15) is 5.76 Å². The summed E-state index contributed by atoms with van der Waals surface area (Å²) in [4.78, 5) is 11.8. The molecule has 162 valence electrons. The van der Waals surface area contributed by atoms with Crippen molar-refractivity contribution in [2.24, 2.45) is 0 Å². The smallest absolute Gasteiger partial charge is 0.283 e. The maximum atomic E-state index is 13.6. The van der Waals surface area contributed by atoms with Crippen molar-refractivity contribution in [2.45, 2.75) is 26.1 Å². The van der Waals surface area contributed by atoms with Gasteiger partial charge in [0, 0.05) is 32.2 Å². The number of hydrogen-bond acceptors (Lipinski definition) is 4. The Kier molecular flexibility index (Phi) is 6.22. The van der Waals surface area contributed by atoms with E-state index in [-0.39, 0.29) is 19.0 Å². The van der Waals surface area contributed by atoms with E-state index >= 15 is 0 Å². The summed E-state index contributed by atoms with van der Waals surface area (Å²) in [5, 5.41) is 2.58. The lowest BCUT2D eigenvalue weighted by Crippen LogP contribution is -2.45. The van der Waals surface area contributed by atoms with E-state index in [1.54, 1.807) is 43.4 Å². The van der Waals surface area contributed by atoms with Crippen LogP contribution in [0.4, 0.5) is 0 Å². The van der Waals surface area contributed by atoms with Gasteiger partial charge in [-0.2, -0.15) is 17.0 Å². The molecule has 1 aromatic heterocycles. The van der Waals surface area contributed by atoms with Gasteiger partial charge < -0.3 is 9.73 Å². The first-order valence-corrected chi connectivity index (χ1v) is 11.5. The largest absolute Gasteiger partial charge is 0.468 e. The number of rotatable bonds is 7. The van der Waals surface area contributed by atoms with Gasteiger partial charge in [-0.15, -0.1) is 0 Å². The molecular formula is C23H25N3O4S. The molecule has 8 heteroatoms. The van der Waals surface area contributed by atoms with E-state index in [0.29, 0.717) is 30.8 Å². The number of amides is 1. The molecule has 0 aliphatic carbocycles. The topological polar surface area (TPSA) is 82.9 Å². The second-order valence-corrected chi connectivity index (χ2v) is 9.41. The lowest BCUT2D eigenvalue weighted by molar-refractivity contribution is 0.0963. The molecule has 4 rings (SSSR count). The molecular weight excluding hydrogens is 414 g/mol. The summed E-state index contributed by atoms with van der Waals surface area (Å²) in [6.07, 6.45) is 2.22. The highest BCUT2D eigenvalue weighted by atomic mass is 32.2. The maximum Gasteiger partial charge on any atom is 0.283 e. The van der Waals surface area contributed by atoms with Crippen molar-refractivity contribution in [1.29, 1.82) is 0 Å². The second-order valence-electron chi connectivity index (χ2n) is 7.48. The van der Waals surface area contributed by atoms with Crippen LogP contribution in [-0.4, -0.2) is 36.5 Å². The number of fused-ring (bicyclic) bond motifs is 1. The van der Waals surface area contributed by atoms with Gasteiger partial charge >= 0.3 is 0 Å². The predicted octanol–water partition coefficient (Wildman–Crippen LogP) is 2.94. The highest BCUT2D eigenvalue weighted by molar-refractivity contribution is 7.86. The van der Waals surface area contributed by atoms with Gasteiger partial charge in [0.05, 0.1) is 12.8 Å². The fourth-order valence-corrected chi connectivity index (χ4v) is 5.29. The molecule has 1 aliphatic heterocycles. The number of carbonyl (C=O) groups excluding carboxylic acids is 1. The zero-order valence-corrected chi connectivity index (χ0v) is 18.1. The molecule has 0 saturated carbocycles. The molecule has 0 fully saturated rings. The molecule has 0 spiro atoms. The van der Waals surface area contributed by atoms with Crippen LogP contribution in [0.2, 0.25) is 0 Å². The van der Waals surface area contributed by atoms with Crippen LogP contribution in [-0.2, 0) is 36.3 Å². The zero-order valence-electron chi connectivity index (χ0n) is 17.3. The molecule has 1 N–H and O–H groups in total. The molecule has 7 nitrogen and oxygen atoms in total. The Morgan fingerprint density at radius 3 is 2.45 bits per heavy atom. The fourth-order valence-electron chi connectivity index (χ4n) is 3.73. The molecule has 2 aromatic carbocycles. The van der Waals surface area contributed by atoms with Crippen LogP contribution >= 0.6 is 0 Å². The first-order chi connectivity index (χ1) is 15.0. The van der Waals surface area contributed by atoms with Gasteiger partial charge in [0.2, 0.25) is 0 Å². The van der Waals surface area contributed by atoms with Crippen molar-refractivity contribution < 1.29 is 17.6 Å². The Bertz CT molecular complexity index is 1140. The molecule has 31 heavy (non-hydrogen) atoms. The molecule has 0 atom stereocenters. The second kappa shape index (κ2) is 9.05. The molecule has 3 aromatic rings. The number of hydrogen-bond donors (Lipinski definition) is 1. The van der Waals surface area contributed by atoms with E-state index in [0.717, 1.165) is 11.1 Å². The maximum absolute atomic E-state index is 13.6. The standard InChI is InChI=1S/C23H25N3O4S/c1-24-23(27)20-10-8-18(9-11-20)15-26(17-22-7-4-14-30-22)31(28,29)25-13-12-19-5-2-3-6-21(19)16-25/h2-11,14H,12-13,15-17H2,1H3,(H,24,27). The van der Waals surface area contributed by atoms with Crippen molar-refractivity contribution >= 4 is 16.1 Å². The van der Waals surface area contributed by atoms with Crippen molar-refractivity contribution in [3.8, 4) is 0 Å². The average molecular weight is 440 g/mol. The van der Waals surface area contributed by atoms with Gasteiger partial charge in [0.25, 0.3) is 16.1 Å². The summed E-state index contributed by atoms with van der Waals surface area (Å²) in [5.41, 5.74) is 3.54. The van der Waals surface area contributed by atoms with Crippen LogP contribution in [0.5, 0.6) is 0 Å². The number of nitrogens with one attached hydrogen (secondary N) is 1. The van der Waals surface area contributed by atoms with Crippen LogP contribution in [0.3, 0.4) is 0 Å². The predicted molar refractivity (Wildman–Crippen MR) is 117 cm³/mol. The third-order valence-electron chi connectivity index (χ3n) is 5.46. The van der Waals surface area contributed by atoms with Crippen LogP contribution in [0, 0.1) is 0 Å². The number of benzene rings is 2. The highest BCUT2D eigenvalue weighted by Crippen LogP contribution is 2.25. The van der Waals surface area contributed by atoms with E-state index < -0.39 is 10.2 Å². The first-order valence-electron chi connectivity index (χ1n) is 10.1. The van der Waals surface area contributed by atoms with Crippen molar-refractivity contribution in [2.75, 3.05) is 13.6 Å². The molecule has 1 aliphatic rings. The minimum atomic E-state index is -3.74. The normalized spacial score (nSPS) is 14.4. The summed E-state index contributed by atoms with van der Waals surface area (Å²) < 4.78 is 35.6. The number of carbonyl (C=O) groups is 1. The van der Waals surface area contributed by atoms with E-state index in [2.05, 4.69) is 5.32 Å². The van der Waals surface area contributed by atoms with Crippen LogP contribution in [0.1, 0.15) is 32.8 Å². The summed E-state index contributed by atoms with van der Waals surface area (Å²) >= 11 is 0. The third-order valence-corrected chi connectivity index (χ3v) is 7.34. The molecule has 2 heterocycles. The minimum Gasteiger partial charge on any atom is -0.468 e. The summed E-state index contributed by atoms with van der Waals surface area (Å²) in [6, 6.07) is 18.4. The lowest BCUT2D eigenvalue weighted by Gasteiger charge is -2.33. The SMILES string of the molecule is CNC(=O)c1ccc(CN(Cc2ccco2)S(=O)(=O)N2CCc3ccccc3C2)cc1. The zero-order chi connectivity index (χ0) is 21.8. The van der Waals surface area contributed by atoms with Gasteiger partial charge in [-0.25, -0.2) is 0 Å². The van der Waals surface area contributed by atoms with Gasteiger partial charge in [-0.3, -0.25) is 4.79 Å². The Balaban J connectivity index is 1.59. The summed E-state index contributed by atoms with van der Waals surface area (Å²) in [7, 11) is -2.17. The van der Waals surface area contributed by atoms with E-state index in [1.165, 1.54) is 20.4 Å². The Hall–Kier alpha value is -2.94. The molecule has 0 saturated heterocycles. The monoisotopic (exact) mass is 439 g/mol. The van der Waals surface area contributed by atoms with Crippen molar-refractivity contribution in [3.63, 3.8) is 0 Å². The van der Waals surface area contributed by atoms with Crippen LogP contribution < -0.4 is 5.32 Å². The van der Waals surface area contributed by atoms with Gasteiger partial charge in [-0.1, -0.05) is 36.4 Å². The fraction of sp³-hybridized carbons (Fsp3) is 0.261. The molecule has 1 amide bonds. The van der Waals surface area contributed by atoms with Crippen molar-refractivity contribution in [1.82, 2.24) is 13.9 Å². The van der Waals surface area contributed by atoms with Gasteiger partial charge in [-0.05, 0) is 47.4 Å². The van der Waals surface area contributed by atoms with Crippen LogP contribution in [0.15, 0.2) is 71.3 Å². The summed E-state index contributed by atoms with van der Waals surface area (Å²) in [5.74, 6) is 0.390. The number of furan rings is 1.